The van der Waals surface area contributed by atoms with Crippen molar-refractivity contribution in [3.8, 4) is 0 Å². The third kappa shape index (κ3) is 2.54. The first kappa shape index (κ1) is 10.7. The summed E-state index contributed by atoms with van der Waals surface area (Å²) in [6.45, 7) is 2.27. The van der Waals surface area contributed by atoms with Gasteiger partial charge in [-0.05, 0) is 29.5 Å². The Balaban J connectivity index is 3.11. The van der Waals surface area contributed by atoms with Crippen LogP contribution >= 0.6 is 34.2 Å². The Kier molecular flexibility index (Phi) is 3.92. The Morgan fingerprint density at radius 3 is 3.08 bits per heavy atom. The molecular formula is C8H8ClIN2O. The average molecular weight is 311 g/mol. The van der Waals surface area contributed by atoms with E-state index in [1.165, 1.54) is 16.4 Å². The summed E-state index contributed by atoms with van der Waals surface area (Å²) in [6.07, 6.45) is 3.22. The van der Waals surface area contributed by atoms with Crippen LogP contribution < -0.4 is 5.56 Å². The average Bonchev–Trinajstić information content (AvgIpc) is 2.13. The first-order chi connectivity index (χ1) is 6.16. The maximum atomic E-state index is 11.5. The lowest BCUT2D eigenvalue weighted by Crippen LogP contribution is -2.23. The van der Waals surface area contributed by atoms with E-state index >= 15 is 0 Å². The number of halogens is 2. The fourth-order valence-electron chi connectivity index (χ4n) is 0.830. The molecule has 0 aliphatic heterocycles. The van der Waals surface area contributed by atoms with Gasteiger partial charge in [0.15, 0.2) is 0 Å². The number of rotatable bonds is 2. The standard InChI is InChI=1S/C8H8ClIN2O/c1-6-7(10)8(13)12(5-11-6)4-2-3-9/h2-3,5H,4H2,1H3. The van der Waals surface area contributed by atoms with E-state index in [0.29, 0.717) is 10.1 Å². The largest absolute Gasteiger partial charge is 0.294 e. The summed E-state index contributed by atoms with van der Waals surface area (Å²) in [4.78, 5) is 15.6. The molecule has 1 aromatic heterocycles. The summed E-state index contributed by atoms with van der Waals surface area (Å²) in [5.41, 5.74) is 2.12. The fourth-order valence-corrected chi connectivity index (χ4v) is 1.36. The molecule has 5 heteroatoms. The van der Waals surface area contributed by atoms with Gasteiger partial charge < -0.3 is 0 Å². The third-order valence-electron chi connectivity index (χ3n) is 1.55. The molecule has 3 nitrogen and oxygen atoms in total. The molecule has 1 heterocycles. The van der Waals surface area contributed by atoms with Crippen LogP contribution in [0.25, 0.3) is 0 Å². The highest BCUT2D eigenvalue weighted by molar-refractivity contribution is 14.1. The molecule has 1 aromatic rings. The van der Waals surface area contributed by atoms with Gasteiger partial charge in [0, 0.05) is 12.1 Å². The highest BCUT2D eigenvalue weighted by Gasteiger charge is 2.02. The molecule has 0 radical (unpaired) electrons. The van der Waals surface area contributed by atoms with Gasteiger partial charge in [-0.15, -0.1) is 0 Å². The van der Waals surface area contributed by atoms with E-state index in [0.717, 1.165) is 5.69 Å². The number of aromatic nitrogens is 2. The zero-order chi connectivity index (χ0) is 9.84. The summed E-state index contributed by atoms with van der Waals surface area (Å²) in [5.74, 6) is 0. The van der Waals surface area contributed by atoms with Gasteiger partial charge in [0.1, 0.15) is 0 Å². The molecule has 0 aliphatic rings. The molecule has 0 unspecified atom stereocenters. The summed E-state index contributed by atoms with van der Waals surface area (Å²) < 4.78 is 2.16. The number of allylic oxidation sites excluding steroid dienone is 1. The lowest BCUT2D eigenvalue weighted by molar-refractivity contribution is 0.740. The van der Waals surface area contributed by atoms with E-state index in [9.17, 15) is 4.79 Å². The van der Waals surface area contributed by atoms with E-state index in [-0.39, 0.29) is 5.56 Å². The van der Waals surface area contributed by atoms with Crippen molar-refractivity contribution in [3.63, 3.8) is 0 Å². The van der Waals surface area contributed by atoms with E-state index in [2.05, 4.69) is 4.98 Å². The minimum atomic E-state index is -0.0251. The molecule has 0 aliphatic carbocycles. The van der Waals surface area contributed by atoms with Crippen LogP contribution in [0.2, 0.25) is 0 Å². The van der Waals surface area contributed by atoms with Crippen LogP contribution in [0.1, 0.15) is 5.69 Å². The van der Waals surface area contributed by atoms with Crippen molar-refractivity contribution in [2.75, 3.05) is 0 Å². The topological polar surface area (TPSA) is 34.9 Å². The van der Waals surface area contributed by atoms with Crippen molar-refractivity contribution in [1.82, 2.24) is 9.55 Å². The van der Waals surface area contributed by atoms with Gasteiger partial charge in [0.2, 0.25) is 0 Å². The molecule has 13 heavy (non-hydrogen) atoms. The highest BCUT2D eigenvalue weighted by atomic mass is 127. The van der Waals surface area contributed by atoms with Gasteiger partial charge in [0.05, 0.1) is 15.6 Å². The molecular weight excluding hydrogens is 302 g/mol. The Bertz CT molecular complexity index is 386. The third-order valence-corrected chi connectivity index (χ3v) is 2.97. The predicted molar refractivity (Wildman–Crippen MR) is 60.9 cm³/mol. The van der Waals surface area contributed by atoms with Gasteiger partial charge in [0.25, 0.3) is 5.56 Å². The van der Waals surface area contributed by atoms with Crippen LogP contribution in [0, 0.1) is 10.5 Å². The second-order valence-corrected chi connectivity index (χ2v) is 3.79. The molecule has 0 amide bonds. The van der Waals surface area contributed by atoms with Gasteiger partial charge in [-0.1, -0.05) is 17.7 Å². The Labute approximate surface area is 94.6 Å². The molecule has 0 spiro atoms. The first-order valence-corrected chi connectivity index (χ1v) is 5.15. The van der Waals surface area contributed by atoms with Crippen LogP contribution in [-0.2, 0) is 6.54 Å². The highest BCUT2D eigenvalue weighted by Crippen LogP contribution is 2.01. The Morgan fingerprint density at radius 1 is 1.77 bits per heavy atom. The summed E-state index contributed by atoms with van der Waals surface area (Å²) in [5, 5.41) is 0. The van der Waals surface area contributed by atoms with Crippen LogP contribution in [0.15, 0.2) is 22.7 Å². The number of aryl methyl sites for hydroxylation is 1. The maximum Gasteiger partial charge on any atom is 0.267 e. The first-order valence-electron chi connectivity index (χ1n) is 3.63. The monoisotopic (exact) mass is 310 g/mol. The SMILES string of the molecule is Cc1ncn(CC=CCl)c(=O)c1I. The molecule has 0 N–H and O–H groups in total. The summed E-state index contributed by atoms with van der Waals surface area (Å²) >= 11 is 7.35. The van der Waals surface area contributed by atoms with E-state index in [1.807, 2.05) is 29.5 Å². The van der Waals surface area contributed by atoms with Gasteiger partial charge in [-0.3, -0.25) is 9.36 Å². The van der Waals surface area contributed by atoms with Gasteiger partial charge in [-0.2, -0.15) is 0 Å². The van der Waals surface area contributed by atoms with Crippen LogP contribution in [-0.4, -0.2) is 9.55 Å². The minimum absolute atomic E-state index is 0.0251. The summed E-state index contributed by atoms with van der Waals surface area (Å²) in [6, 6.07) is 0. The molecule has 0 atom stereocenters. The van der Waals surface area contributed by atoms with Crippen molar-refractivity contribution < 1.29 is 0 Å². The zero-order valence-corrected chi connectivity index (χ0v) is 9.91. The summed E-state index contributed by atoms with van der Waals surface area (Å²) in [7, 11) is 0. The van der Waals surface area contributed by atoms with E-state index in [4.69, 9.17) is 11.6 Å². The number of hydrogen-bond donors (Lipinski definition) is 0. The lowest BCUT2D eigenvalue weighted by Gasteiger charge is -2.02. The van der Waals surface area contributed by atoms with Crippen molar-refractivity contribution >= 4 is 34.2 Å². The molecule has 70 valence electrons. The van der Waals surface area contributed by atoms with Crippen LogP contribution in [0.5, 0.6) is 0 Å². The fraction of sp³-hybridized carbons (Fsp3) is 0.250. The smallest absolute Gasteiger partial charge is 0.267 e. The predicted octanol–water partition coefficient (Wildman–Crippen LogP) is 1.91. The molecule has 0 fully saturated rings. The Morgan fingerprint density at radius 2 is 2.46 bits per heavy atom. The van der Waals surface area contributed by atoms with Crippen molar-refractivity contribution in [2.45, 2.75) is 13.5 Å². The second-order valence-electron chi connectivity index (χ2n) is 2.46. The van der Waals surface area contributed by atoms with E-state index in [1.54, 1.807) is 6.08 Å². The molecule has 0 saturated carbocycles. The van der Waals surface area contributed by atoms with Crippen molar-refractivity contribution in [1.29, 1.82) is 0 Å². The second kappa shape index (κ2) is 4.76. The molecule has 0 aromatic carbocycles. The molecule has 0 bridgehead atoms. The van der Waals surface area contributed by atoms with Crippen molar-refractivity contribution in [2.24, 2.45) is 0 Å². The number of hydrogen-bond acceptors (Lipinski definition) is 2. The van der Waals surface area contributed by atoms with Gasteiger partial charge in [-0.25, -0.2) is 4.98 Å². The van der Waals surface area contributed by atoms with Crippen LogP contribution in [0.4, 0.5) is 0 Å². The quantitative estimate of drug-likeness (QED) is 0.782. The maximum absolute atomic E-state index is 11.5. The zero-order valence-electron chi connectivity index (χ0n) is 7.00. The molecule has 1 rings (SSSR count). The van der Waals surface area contributed by atoms with Crippen LogP contribution in [0.3, 0.4) is 0 Å². The lowest BCUT2D eigenvalue weighted by atomic mass is 10.4. The minimum Gasteiger partial charge on any atom is -0.294 e. The van der Waals surface area contributed by atoms with Crippen molar-refractivity contribution in [3.05, 3.63) is 37.6 Å². The van der Waals surface area contributed by atoms with Gasteiger partial charge >= 0.3 is 0 Å². The molecule has 0 saturated heterocycles. The Hall–Kier alpha value is -0.360. The van der Waals surface area contributed by atoms with E-state index < -0.39 is 0 Å². The number of nitrogens with zero attached hydrogens (tertiary/aromatic N) is 2. The normalized spacial score (nSPS) is 11.0.